The number of imide groups is 1. The van der Waals surface area contributed by atoms with Crippen molar-refractivity contribution in [3.05, 3.63) is 0 Å². The highest BCUT2D eigenvalue weighted by atomic mass is 32.2. The maximum atomic E-state index is 11.2. The number of carbonyl (C=O) groups excluding carboxylic acids is 2. The summed E-state index contributed by atoms with van der Waals surface area (Å²) in [5.41, 5.74) is 0. The van der Waals surface area contributed by atoms with Crippen LogP contribution in [0, 0.1) is 0 Å². The second kappa shape index (κ2) is 2.73. The monoisotopic (exact) mass is 174 g/mol. The second-order valence-corrected chi connectivity index (χ2v) is 3.40. The smallest absolute Gasteiger partial charge is 0.315 e. The molecule has 1 aliphatic rings. The molecule has 1 unspecified atom stereocenters. The molecule has 4 nitrogen and oxygen atoms in total. The molecular formula is C6H10N2O2S. The van der Waals surface area contributed by atoms with E-state index in [0.717, 1.165) is 0 Å². The summed E-state index contributed by atoms with van der Waals surface area (Å²) < 4.78 is 0. The van der Waals surface area contributed by atoms with Crippen LogP contribution in [0.1, 0.15) is 13.3 Å². The lowest BCUT2D eigenvalue weighted by molar-refractivity contribution is -0.121. The van der Waals surface area contributed by atoms with Gasteiger partial charge in [0.05, 0.1) is 0 Å². The van der Waals surface area contributed by atoms with Crippen LogP contribution in [0.25, 0.3) is 0 Å². The number of urea groups is 1. The van der Waals surface area contributed by atoms with Crippen LogP contribution in [-0.2, 0) is 4.79 Å². The highest BCUT2D eigenvalue weighted by molar-refractivity contribution is 8.00. The minimum atomic E-state index is -0.725. The van der Waals surface area contributed by atoms with Crippen molar-refractivity contribution in [1.29, 1.82) is 0 Å². The summed E-state index contributed by atoms with van der Waals surface area (Å²) in [5, 5.41) is 4.78. The van der Waals surface area contributed by atoms with Gasteiger partial charge in [-0.1, -0.05) is 6.92 Å². The van der Waals surface area contributed by atoms with Gasteiger partial charge in [0.2, 0.25) is 0 Å². The molecule has 1 atom stereocenters. The van der Waals surface area contributed by atoms with Crippen LogP contribution in [0.15, 0.2) is 0 Å². The summed E-state index contributed by atoms with van der Waals surface area (Å²) in [5.74, 6) is -0.238. The van der Waals surface area contributed by atoms with E-state index in [9.17, 15) is 9.59 Å². The van der Waals surface area contributed by atoms with Gasteiger partial charge < -0.3 is 5.32 Å². The van der Waals surface area contributed by atoms with Crippen LogP contribution < -0.4 is 10.6 Å². The van der Waals surface area contributed by atoms with Crippen molar-refractivity contribution in [3.8, 4) is 0 Å². The minimum Gasteiger partial charge on any atom is -0.315 e. The highest BCUT2D eigenvalue weighted by Gasteiger charge is 2.43. The van der Waals surface area contributed by atoms with Crippen LogP contribution in [0.3, 0.4) is 0 Å². The van der Waals surface area contributed by atoms with Gasteiger partial charge >= 0.3 is 6.03 Å². The minimum absolute atomic E-state index is 0.238. The fraction of sp³-hybridized carbons (Fsp3) is 0.667. The molecule has 0 aromatic heterocycles. The van der Waals surface area contributed by atoms with Gasteiger partial charge in [-0.2, -0.15) is 0 Å². The first kappa shape index (κ1) is 8.39. The molecular weight excluding hydrogens is 164 g/mol. The molecule has 2 N–H and O–H groups in total. The molecule has 0 spiro atoms. The lowest BCUT2D eigenvalue weighted by Crippen LogP contribution is -2.42. The van der Waals surface area contributed by atoms with Crippen molar-refractivity contribution >= 4 is 23.7 Å². The third-order valence-corrected chi connectivity index (χ3v) is 3.03. The van der Waals surface area contributed by atoms with Crippen LogP contribution in [0.2, 0.25) is 0 Å². The molecule has 0 saturated carbocycles. The van der Waals surface area contributed by atoms with E-state index < -0.39 is 10.9 Å². The topological polar surface area (TPSA) is 58.2 Å². The van der Waals surface area contributed by atoms with E-state index >= 15 is 0 Å². The number of thioether (sulfide) groups is 1. The highest BCUT2D eigenvalue weighted by Crippen LogP contribution is 2.26. The standard InChI is InChI=1S/C6H10N2O2S/c1-3-6(11-2)4(9)7-5(10)8-6/h3H2,1-2H3,(H2,7,8,9,10). The fourth-order valence-electron chi connectivity index (χ4n) is 1.01. The number of amides is 3. The summed E-state index contributed by atoms with van der Waals surface area (Å²) >= 11 is 1.35. The van der Waals surface area contributed by atoms with Gasteiger partial charge in [0, 0.05) is 0 Å². The van der Waals surface area contributed by atoms with Crippen LogP contribution >= 0.6 is 11.8 Å². The van der Waals surface area contributed by atoms with Crippen molar-refractivity contribution in [1.82, 2.24) is 10.6 Å². The molecule has 0 radical (unpaired) electrons. The van der Waals surface area contributed by atoms with Gasteiger partial charge in [-0.3, -0.25) is 10.1 Å². The molecule has 0 aromatic rings. The molecule has 1 heterocycles. The van der Waals surface area contributed by atoms with Crippen molar-refractivity contribution in [2.75, 3.05) is 6.26 Å². The maximum Gasteiger partial charge on any atom is 0.323 e. The lowest BCUT2D eigenvalue weighted by atomic mass is 10.2. The maximum absolute atomic E-state index is 11.2. The number of hydrogen-bond donors (Lipinski definition) is 2. The SMILES string of the molecule is CCC1(SC)NC(=O)NC1=O. The van der Waals surface area contributed by atoms with E-state index in [1.54, 1.807) is 6.26 Å². The van der Waals surface area contributed by atoms with E-state index in [4.69, 9.17) is 0 Å². The van der Waals surface area contributed by atoms with Gasteiger partial charge in [-0.25, -0.2) is 4.79 Å². The van der Waals surface area contributed by atoms with E-state index in [2.05, 4.69) is 10.6 Å². The summed E-state index contributed by atoms with van der Waals surface area (Å²) in [6, 6.07) is -0.397. The Labute approximate surface area is 69.1 Å². The Morgan fingerprint density at radius 3 is 2.36 bits per heavy atom. The first-order chi connectivity index (χ1) is 5.14. The second-order valence-electron chi connectivity index (χ2n) is 2.29. The molecule has 3 amide bonds. The largest absolute Gasteiger partial charge is 0.323 e. The molecule has 0 bridgehead atoms. The molecule has 0 aliphatic carbocycles. The van der Waals surface area contributed by atoms with Gasteiger partial charge in [-0.15, -0.1) is 11.8 Å². The van der Waals surface area contributed by atoms with E-state index in [-0.39, 0.29) is 5.91 Å². The average Bonchev–Trinajstić information content (AvgIpc) is 2.27. The lowest BCUT2D eigenvalue weighted by Gasteiger charge is -2.20. The number of carbonyl (C=O) groups is 2. The van der Waals surface area contributed by atoms with Gasteiger partial charge in [-0.05, 0) is 12.7 Å². The fourth-order valence-corrected chi connectivity index (χ4v) is 1.73. The van der Waals surface area contributed by atoms with Crippen LogP contribution in [0.5, 0.6) is 0 Å². The van der Waals surface area contributed by atoms with Crippen LogP contribution in [-0.4, -0.2) is 23.1 Å². The third kappa shape index (κ3) is 1.20. The van der Waals surface area contributed by atoms with E-state index in [1.807, 2.05) is 6.92 Å². The van der Waals surface area contributed by atoms with Crippen molar-refractivity contribution < 1.29 is 9.59 Å². The zero-order valence-corrected chi connectivity index (χ0v) is 7.25. The van der Waals surface area contributed by atoms with Gasteiger partial charge in [0.15, 0.2) is 4.87 Å². The molecule has 1 aliphatic heterocycles. The predicted molar refractivity (Wildman–Crippen MR) is 43.2 cm³/mol. The first-order valence-corrected chi connectivity index (χ1v) is 4.56. The molecule has 1 fully saturated rings. The number of rotatable bonds is 2. The third-order valence-electron chi connectivity index (χ3n) is 1.76. The Morgan fingerprint density at radius 2 is 2.18 bits per heavy atom. The zero-order chi connectivity index (χ0) is 8.48. The Hall–Kier alpha value is -0.710. The molecule has 11 heavy (non-hydrogen) atoms. The molecule has 1 rings (SSSR count). The molecule has 5 heteroatoms. The Balaban J connectivity index is 2.84. The quantitative estimate of drug-likeness (QED) is 0.592. The zero-order valence-electron chi connectivity index (χ0n) is 6.43. The average molecular weight is 174 g/mol. The van der Waals surface area contributed by atoms with Crippen molar-refractivity contribution in [2.45, 2.75) is 18.2 Å². The van der Waals surface area contributed by atoms with Crippen molar-refractivity contribution in [2.24, 2.45) is 0 Å². The molecule has 62 valence electrons. The predicted octanol–water partition coefficient (Wildman–Crippen LogP) is 0.295. The van der Waals surface area contributed by atoms with E-state index in [1.165, 1.54) is 11.8 Å². The van der Waals surface area contributed by atoms with Gasteiger partial charge in [0.25, 0.3) is 5.91 Å². The van der Waals surface area contributed by atoms with Crippen LogP contribution in [0.4, 0.5) is 4.79 Å². The summed E-state index contributed by atoms with van der Waals surface area (Å²) in [4.78, 5) is 21.2. The Bertz CT molecular complexity index is 201. The number of nitrogens with one attached hydrogen (secondary N) is 2. The molecule has 1 saturated heterocycles. The first-order valence-electron chi connectivity index (χ1n) is 3.33. The summed E-state index contributed by atoms with van der Waals surface area (Å²) in [7, 11) is 0. The molecule has 0 aromatic carbocycles. The number of hydrogen-bond acceptors (Lipinski definition) is 3. The Morgan fingerprint density at radius 1 is 1.55 bits per heavy atom. The Kier molecular flexibility index (Phi) is 2.08. The van der Waals surface area contributed by atoms with Gasteiger partial charge in [0.1, 0.15) is 0 Å². The van der Waals surface area contributed by atoms with Crippen molar-refractivity contribution in [3.63, 3.8) is 0 Å². The summed E-state index contributed by atoms with van der Waals surface area (Å²) in [6.45, 7) is 1.86. The normalized spacial score (nSPS) is 30.0. The summed E-state index contributed by atoms with van der Waals surface area (Å²) in [6.07, 6.45) is 2.40. The van der Waals surface area contributed by atoms with E-state index in [0.29, 0.717) is 6.42 Å².